The third-order valence-electron chi connectivity index (χ3n) is 3.84. The van der Waals surface area contributed by atoms with Crippen LogP contribution in [0.25, 0.3) is 0 Å². The molecule has 0 aromatic heterocycles. The van der Waals surface area contributed by atoms with E-state index < -0.39 is 0 Å². The molecule has 1 amide bonds. The van der Waals surface area contributed by atoms with Gasteiger partial charge in [0.15, 0.2) is 12.4 Å². The van der Waals surface area contributed by atoms with E-state index in [2.05, 4.69) is 13.8 Å². The molecule has 0 bridgehead atoms. The zero-order valence-electron chi connectivity index (χ0n) is 13.0. The Hall–Kier alpha value is -1.84. The van der Waals surface area contributed by atoms with E-state index >= 15 is 0 Å². The Balaban J connectivity index is 1.97. The van der Waals surface area contributed by atoms with Gasteiger partial charge in [-0.2, -0.15) is 0 Å². The van der Waals surface area contributed by atoms with Crippen molar-refractivity contribution in [1.82, 2.24) is 4.90 Å². The summed E-state index contributed by atoms with van der Waals surface area (Å²) in [7, 11) is 0. The minimum absolute atomic E-state index is 0.00763. The van der Waals surface area contributed by atoms with Gasteiger partial charge in [-0.05, 0) is 37.3 Å². The van der Waals surface area contributed by atoms with E-state index in [1.54, 1.807) is 24.3 Å². The summed E-state index contributed by atoms with van der Waals surface area (Å²) in [6.07, 6.45) is 1.16. The van der Waals surface area contributed by atoms with Crippen LogP contribution in [0, 0.1) is 11.8 Å². The Morgan fingerprint density at radius 3 is 2.43 bits per heavy atom. The van der Waals surface area contributed by atoms with Gasteiger partial charge in [0.2, 0.25) is 0 Å². The normalized spacial score (nSPS) is 22.0. The zero-order chi connectivity index (χ0) is 15.4. The Morgan fingerprint density at radius 1 is 1.19 bits per heavy atom. The fourth-order valence-corrected chi connectivity index (χ4v) is 2.98. The molecule has 1 aromatic rings. The standard InChI is InChI=1S/C17H23NO3/c1-12-8-13(2)10-18(9-12)17(20)11-21-16-7-5-4-6-15(16)14(3)19/h4-7,12-13H,8-11H2,1-3H3. The van der Waals surface area contributed by atoms with Crippen molar-refractivity contribution >= 4 is 11.7 Å². The SMILES string of the molecule is CC(=O)c1ccccc1OCC(=O)N1CC(C)CC(C)C1. The maximum absolute atomic E-state index is 12.3. The average Bonchev–Trinajstić information content (AvgIpc) is 2.43. The van der Waals surface area contributed by atoms with Crippen molar-refractivity contribution in [2.45, 2.75) is 27.2 Å². The lowest BCUT2D eigenvalue weighted by molar-refractivity contribution is -0.136. The summed E-state index contributed by atoms with van der Waals surface area (Å²) in [5.74, 6) is 1.48. The van der Waals surface area contributed by atoms with Crippen LogP contribution >= 0.6 is 0 Å². The quantitative estimate of drug-likeness (QED) is 0.801. The number of ether oxygens (including phenoxy) is 1. The number of likely N-dealkylation sites (tertiary alicyclic amines) is 1. The van der Waals surface area contributed by atoms with Crippen molar-refractivity contribution in [2.75, 3.05) is 19.7 Å². The molecule has 114 valence electrons. The van der Waals surface area contributed by atoms with E-state index in [4.69, 9.17) is 4.74 Å². The molecule has 2 atom stereocenters. The van der Waals surface area contributed by atoms with Crippen LogP contribution in [0.1, 0.15) is 37.6 Å². The average molecular weight is 289 g/mol. The predicted molar refractivity (Wildman–Crippen MR) is 81.5 cm³/mol. The molecule has 1 aliphatic heterocycles. The number of amides is 1. The minimum Gasteiger partial charge on any atom is -0.483 e. The van der Waals surface area contributed by atoms with Crippen molar-refractivity contribution in [2.24, 2.45) is 11.8 Å². The first-order chi connectivity index (χ1) is 9.97. The number of Topliss-reactive ketones (excluding diaryl/α,β-unsaturated/α-hetero) is 1. The van der Waals surface area contributed by atoms with E-state index in [-0.39, 0.29) is 18.3 Å². The molecule has 1 heterocycles. The maximum Gasteiger partial charge on any atom is 0.260 e. The van der Waals surface area contributed by atoms with Gasteiger partial charge >= 0.3 is 0 Å². The van der Waals surface area contributed by atoms with Crippen LogP contribution in [0.3, 0.4) is 0 Å². The van der Waals surface area contributed by atoms with Crippen LogP contribution in [0.2, 0.25) is 0 Å². The molecule has 2 unspecified atom stereocenters. The lowest BCUT2D eigenvalue weighted by Crippen LogP contribution is -2.44. The second-order valence-corrected chi connectivity index (χ2v) is 6.09. The molecule has 1 saturated heterocycles. The summed E-state index contributed by atoms with van der Waals surface area (Å²) >= 11 is 0. The topological polar surface area (TPSA) is 46.6 Å². The molecule has 0 saturated carbocycles. The molecule has 0 aliphatic carbocycles. The van der Waals surface area contributed by atoms with E-state index in [1.807, 2.05) is 4.90 Å². The van der Waals surface area contributed by atoms with Gasteiger partial charge in [0.05, 0.1) is 5.56 Å². The minimum atomic E-state index is -0.0572. The highest BCUT2D eigenvalue weighted by Gasteiger charge is 2.25. The molecule has 4 heteroatoms. The van der Waals surface area contributed by atoms with Gasteiger partial charge in [-0.25, -0.2) is 0 Å². The molecule has 2 rings (SSSR count). The van der Waals surface area contributed by atoms with Gasteiger partial charge < -0.3 is 9.64 Å². The fraction of sp³-hybridized carbons (Fsp3) is 0.529. The number of carbonyl (C=O) groups is 2. The van der Waals surface area contributed by atoms with Gasteiger partial charge in [-0.1, -0.05) is 26.0 Å². The molecular weight excluding hydrogens is 266 g/mol. The number of hydrogen-bond donors (Lipinski definition) is 0. The van der Waals surface area contributed by atoms with Crippen molar-refractivity contribution in [3.63, 3.8) is 0 Å². The number of carbonyl (C=O) groups excluding carboxylic acids is 2. The Bertz CT molecular complexity index is 517. The number of piperidine rings is 1. The summed E-state index contributed by atoms with van der Waals surface area (Å²) in [5, 5.41) is 0. The summed E-state index contributed by atoms with van der Waals surface area (Å²) in [6.45, 7) is 7.41. The van der Waals surface area contributed by atoms with Gasteiger partial charge in [0, 0.05) is 13.1 Å². The molecule has 0 radical (unpaired) electrons. The summed E-state index contributed by atoms with van der Waals surface area (Å²) < 4.78 is 5.57. The number of nitrogens with zero attached hydrogens (tertiary/aromatic N) is 1. The van der Waals surface area contributed by atoms with E-state index in [1.165, 1.54) is 6.92 Å². The zero-order valence-corrected chi connectivity index (χ0v) is 13.0. The second-order valence-electron chi connectivity index (χ2n) is 6.09. The molecule has 0 spiro atoms. The first-order valence-corrected chi connectivity index (χ1v) is 7.48. The number of ketones is 1. The largest absolute Gasteiger partial charge is 0.483 e. The highest BCUT2D eigenvalue weighted by molar-refractivity contribution is 5.96. The molecule has 1 aromatic carbocycles. The first kappa shape index (κ1) is 15.5. The second kappa shape index (κ2) is 6.74. The van der Waals surface area contributed by atoms with Crippen molar-refractivity contribution < 1.29 is 14.3 Å². The third kappa shape index (κ3) is 4.06. The van der Waals surface area contributed by atoms with Gasteiger partial charge in [0.25, 0.3) is 5.91 Å². The molecule has 1 fully saturated rings. The highest BCUT2D eigenvalue weighted by atomic mass is 16.5. The van der Waals surface area contributed by atoms with Crippen LogP contribution in [-0.4, -0.2) is 36.3 Å². The third-order valence-corrected chi connectivity index (χ3v) is 3.84. The van der Waals surface area contributed by atoms with Crippen LogP contribution in [0.5, 0.6) is 5.75 Å². The Morgan fingerprint density at radius 2 is 1.81 bits per heavy atom. The molecule has 4 nitrogen and oxygen atoms in total. The lowest BCUT2D eigenvalue weighted by atomic mass is 9.92. The van der Waals surface area contributed by atoms with Crippen LogP contribution in [0.4, 0.5) is 0 Å². The fourth-order valence-electron chi connectivity index (χ4n) is 2.98. The number of hydrogen-bond acceptors (Lipinski definition) is 3. The highest BCUT2D eigenvalue weighted by Crippen LogP contribution is 2.22. The van der Waals surface area contributed by atoms with Gasteiger partial charge in [-0.15, -0.1) is 0 Å². The van der Waals surface area contributed by atoms with Crippen LogP contribution in [0.15, 0.2) is 24.3 Å². The van der Waals surface area contributed by atoms with E-state index in [9.17, 15) is 9.59 Å². The Labute approximate surface area is 126 Å². The molecule has 21 heavy (non-hydrogen) atoms. The maximum atomic E-state index is 12.3. The van der Waals surface area contributed by atoms with Crippen molar-refractivity contribution in [3.05, 3.63) is 29.8 Å². The van der Waals surface area contributed by atoms with E-state index in [0.29, 0.717) is 23.1 Å². The number of benzene rings is 1. The van der Waals surface area contributed by atoms with Gasteiger partial charge in [-0.3, -0.25) is 9.59 Å². The van der Waals surface area contributed by atoms with E-state index in [0.717, 1.165) is 19.5 Å². The predicted octanol–water partition coefficient (Wildman–Crippen LogP) is 2.77. The number of para-hydroxylation sites is 1. The molecule has 0 N–H and O–H groups in total. The number of rotatable bonds is 4. The van der Waals surface area contributed by atoms with Crippen LogP contribution in [-0.2, 0) is 4.79 Å². The summed E-state index contributed by atoms with van der Waals surface area (Å²) in [4.78, 5) is 25.7. The Kier molecular flexibility index (Phi) is 4.99. The smallest absolute Gasteiger partial charge is 0.260 e. The monoisotopic (exact) mass is 289 g/mol. The van der Waals surface area contributed by atoms with Crippen molar-refractivity contribution in [1.29, 1.82) is 0 Å². The summed E-state index contributed by atoms with van der Waals surface area (Å²) in [6, 6.07) is 7.04. The lowest BCUT2D eigenvalue weighted by Gasteiger charge is -2.34. The summed E-state index contributed by atoms with van der Waals surface area (Å²) in [5.41, 5.74) is 0.519. The molecular formula is C17H23NO3. The van der Waals surface area contributed by atoms with Crippen molar-refractivity contribution in [3.8, 4) is 5.75 Å². The van der Waals surface area contributed by atoms with Gasteiger partial charge in [0.1, 0.15) is 5.75 Å². The first-order valence-electron chi connectivity index (χ1n) is 7.48. The molecule has 1 aliphatic rings. The van der Waals surface area contributed by atoms with Crippen LogP contribution < -0.4 is 4.74 Å².